The van der Waals surface area contributed by atoms with Crippen LogP contribution < -0.4 is 0 Å². The van der Waals surface area contributed by atoms with Crippen molar-refractivity contribution >= 4 is 17.2 Å². The quantitative estimate of drug-likeness (QED) is 0.709. The minimum atomic E-state index is -0.125. The van der Waals surface area contributed by atoms with Gasteiger partial charge in [-0.25, -0.2) is 0 Å². The van der Waals surface area contributed by atoms with Crippen molar-refractivity contribution in [3.8, 4) is 0 Å². The second-order valence-electron chi connectivity index (χ2n) is 2.63. The molecule has 0 aromatic carbocycles. The fourth-order valence-electron chi connectivity index (χ4n) is 0.713. The van der Waals surface area contributed by atoms with E-state index >= 15 is 0 Å². The molecule has 0 radical (unpaired) electrons. The van der Waals surface area contributed by atoms with Crippen molar-refractivity contribution in [2.24, 2.45) is 0 Å². The highest BCUT2D eigenvalue weighted by Crippen LogP contribution is 2.11. The van der Waals surface area contributed by atoms with Gasteiger partial charge in [-0.2, -0.15) is 0 Å². The fraction of sp³-hybridized carbons (Fsp3) is 0.571. The fourth-order valence-corrected chi connectivity index (χ4v) is 1.55. The SMILES string of the molecule is COCc1nnc(C(=O)N(C)C)s1. The van der Waals surface area contributed by atoms with E-state index < -0.39 is 0 Å². The Morgan fingerprint density at radius 3 is 2.77 bits per heavy atom. The molecule has 1 heterocycles. The van der Waals surface area contributed by atoms with Crippen molar-refractivity contribution in [2.45, 2.75) is 6.61 Å². The molecule has 0 aliphatic carbocycles. The van der Waals surface area contributed by atoms with Gasteiger partial charge in [0.05, 0.1) is 6.61 Å². The number of hydrogen-bond donors (Lipinski definition) is 0. The van der Waals surface area contributed by atoms with Crippen molar-refractivity contribution < 1.29 is 9.53 Å². The summed E-state index contributed by atoms with van der Waals surface area (Å²) in [4.78, 5) is 12.8. The molecule has 1 amide bonds. The van der Waals surface area contributed by atoms with Gasteiger partial charge >= 0.3 is 0 Å². The Bertz CT molecular complexity index is 298. The summed E-state index contributed by atoms with van der Waals surface area (Å²) in [5.41, 5.74) is 0. The third-order valence-corrected chi connectivity index (χ3v) is 2.21. The topological polar surface area (TPSA) is 55.3 Å². The first kappa shape index (κ1) is 10.1. The van der Waals surface area contributed by atoms with Gasteiger partial charge in [0.2, 0.25) is 5.01 Å². The molecule has 0 spiro atoms. The summed E-state index contributed by atoms with van der Waals surface area (Å²) in [6, 6.07) is 0. The standard InChI is InChI=1S/C7H11N3O2S/c1-10(2)7(11)6-9-8-5(13-6)4-12-3/h4H2,1-3H3. The summed E-state index contributed by atoms with van der Waals surface area (Å²) in [6.45, 7) is 0.401. The Kier molecular flexibility index (Phi) is 3.32. The van der Waals surface area contributed by atoms with E-state index in [4.69, 9.17) is 4.74 Å². The lowest BCUT2D eigenvalue weighted by molar-refractivity contribution is 0.0826. The number of nitrogens with zero attached hydrogens (tertiary/aromatic N) is 3. The van der Waals surface area contributed by atoms with Gasteiger partial charge in [0, 0.05) is 21.2 Å². The molecule has 1 rings (SSSR count). The molecule has 0 N–H and O–H groups in total. The van der Waals surface area contributed by atoms with Crippen LogP contribution in [0.1, 0.15) is 14.8 Å². The number of hydrogen-bond acceptors (Lipinski definition) is 5. The molecule has 0 saturated heterocycles. The number of carbonyl (C=O) groups excluding carboxylic acids is 1. The molecule has 6 heteroatoms. The van der Waals surface area contributed by atoms with Crippen LogP contribution in [-0.4, -0.2) is 42.2 Å². The normalized spacial score (nSPS) is 10.1. The molecule has 0 fully saturated rings. The molecule has 0 unspecified atom stereocenters. The van der Waals surface area contributed by atoms with E-state index in [1.54, 1.807) is 21.2 Å². The molecule has 0 aliphatic heterocycles. The predicted octanol–water partition coefficient (Wildman–Crippen LogP) is 0.386. The van der Waals surface area contributed by atoms with Crippen LogP contribution in [0.4, 0.5) is 0 Å². The molecule has 72 valence electrons. The van der Waals surface area contributed by atoms with Gasteiger partial charge in [-0.15, -0.1) is 10.2 Å². The van der Waals surface area contributed by atoms with Gasteiger partial charge < -0.3 is 9.64 Å². The van der Waals surface area contributed by atoms with Gasteiger partial charge in [-0.1, -0.05) is 11.3 Å². The monoisotopic (exact) mass is 201 g/mol. The average Bonchev–Trinajstić information content (AvgIpc) is 2.52. The lowest BCUT2D eigenvalue weighted by Gasteiger charge is -2.05. The first-order valence-corrected chi connectivity index (χ1v) is 4.49. The number of methoxy groups -OCH3 is 1. The van der Waals surface area contributed by atoms with Crippen LogP contribution in [0.15, 0.2) is 0 Å². The van der Waals surface area contributed by atoms with Crippen LogP contribution in [0.3, 0.4) is 0 Å². The van der Waals surface area contributed by atoms with Gasteiger partial charge in [0.1, 0.15) is 5.01 Å². The summed E-state index contributed by atoms with van der Waals surface area (Å²) < 4.78 is 4.86. The largest absolute Gasteiger partial charge is 0.377 e. The van der Waals surface area contributed by atoms with E-state index in [1.165, 1.54) is 16.2 Å². The van der Waals surface area contributed by atoms with E-state index in [0.29, 0.717) is 16.6 Å². The van der Waals surface area contributed by atoms with E-state index in [9.17, 15) is 4.79 Å². The smallest absolute Gasteiger partial charge is 0.284 e. The third-order valence-electron chi connectivity index (χ3n) is 1.32. The number of carbonyl (C=O) groups is 1. The molecular formula is C7H11N3O2S. The highest BCUT2D eigenvalue weighted by atomic mass is 32.1. The molecule has 1 aromatic rings. The van der Waals surface area contributed by atoms with Crippen LogP contribution in [0.2, 0.25) is 0 Å². The molecule has 0 bridgehead atoms. The Morgan fingerprint density at radius 2 is 2.23 bits per heavy atom. The van der Waals surface area contributed by atoms with Crippen LogP contribution in [0, 0.1) is 0 Å². The second-order valence-corrected chi connectivity index (χ2v) is 3.70. The van der Waals surface area contributed by atoms with Crippen LogP contribution >= 0.6 is 11.3 Å². The Balaban J connectivity index is 2.73. The van der Waals surface area contributed by atoms with Crippen molar-refractivity contribution in [1.82, 2.24) is 15.1 Å². The maximum absolute atomic E-state index is 11.4. The first-order chi connectivity index (χ1) is 6.15. The Labute approximate surface area is 80.3 Å². The molecule has 13 heavy (non-hydrogen) atoms. The highest BCUT2D eigenvalue weighted by Gasteiger charge is 2.13. The predicted molar refractivity (Wildman–Crippen MR) is 48.6 cm³/mol. The molecular weight excluding hydrogens is 190 g/mol. The molecule has 1 aromatic heterocycles. The van der Waals surface area contributed by atoms with E-state index in [1.807, 2.05) is 0 Å². The van der Waals surface area contributed by atoms with Crippen LogP contribution in [0.25, 0.3) is 0 Å². The third kappa shape index (κ3) is 2.46. The molecule has 0 aliphatic rings. The Morgan fingerprint density at radius 1 is 1.54 bits per heavy atom. The van der Waals surface area contributed by atoms with E-state index in [-0.39, 0.29) is 5.91 Å². The van der Waals surface area contributed by atoms with Crippen LogP contribution in [-0.2, 0) is 11.3 Å². The number of rotatable bonds is 3. The summed E-state index contributed by atoms with van der Waals surface area (Å²) in [5, 5.41) is 8.67. The van der Waals surface area contributed by atoms with Crippen molar-refractivity contribution in [3.63, 3.8) is 0 Å². The molecule has 0 saturated carbocycles. The van der Waals surface area contributed by atoms with Crippen molar-refractivity contribution in [2.75, 3.05) is 21.2 Å². The van der Waals surface area contributed by atoms with Gasteiger partial charge in [0.15, 0.2) is 0 Å². The zero-order chi connectivity index (χ0) is 9.84. The van der Waals surface area contributed by atoms with Crippen molar-refractivity contribution in [1.29, 1.82) is 0 Å². The van der Waals surface area contributed by atoms with Crippen LogP contribution in [0.5, 0.6) is 0 Å². The molecule has 5 nitrogen and oxygen atoms in total. The maximum Gasteiger partial charge on any atom is 0.284 e. The Hall–Kier alpha value is -1.01. The van der Waals surface area contributed by atoms with E-state index in [0.717, 1.165) is 0 Å². The zero-order valence-corrected chi connectivity index (χ0v) is 8.59. The lowest BCUT2D eigenvalue weighted by Crippen LogP contribution is -2.21. The zero-order valence-electron chi connectivity index (χ0n) is 7.77. The minimum Gasteiger partial charge on any atom is -0.377 e. The van der Waals surface area contributed by atoms with Gasteiger partial charge in [-0.05, 0) is 0 Å². The van der Waals surface area contributed by atoms with Crippen molar-refractivity contribution in [3.05, 3.63) is 10.0 Å². The second kappa shape index (κ2) is 4.29. The summed E-state index contributed by atoms with van der Waals surface area (Å²) in [6.07, 6.45) is 0. The first-order valence-electron chi connectivity index (χ1n) is 3.68. The highest BCUT2D eigenvalue weighted by molar-refractivity contribution is 7.13. The summed E-state index contributed by atoms with van der Waals surface area (Å²) in [5.74, 6) is -0.125. The lowest BCUT2D eigenvalue weighted by atomic mass is 10.6. The number of amides is 1. The minimum absolute atomic E-state index is 0.125. The maximum atomic E-state index is 11.4. The summed E-state index contributed by atoms with van der Waals surface area (Å²) in [7, 11) is 4.94. The summed E-state index contributed by atoms with van der Waals surface area (Å²) >= 11 is 1.26. The molecule has 0 atom stereocenters. The van der Waals surface area contributed by atoms with Gasteiger partial charge in [0.25, 0.3) is 5.91 Å². The van der Waals surface area contributed by atoms with E-state index in [2.05, 4.69) is 10.2 Å². The number of aromatic nitrogens is 2. The average molecular weight is 201 g/mol. The number of ether oxygens (including phenoxy) is 1. The van der Waals surface area contributed by atoms with Gasteiger partial charge in [-0.3, -0.25) is 4.79 Å².